The van der Waals surface area contributed by atoms with Gasteiger partial charge in [-0.3, -0.25) is 14.5 Å². The predicted molar refractivity (Wildman–Crippen MR) is 124 cm³/mol. The molecule has 164 valence electrons. The molecule has 2 aliphatic heterocycles. The van der Waals surface area contributed by atoms with Gasteiger partial charge in [0.25, 0.3) is 11.8 Å². The predicted octanol–water partition coefficient (Wildman–Crippen LogP) is 3.38. The molecule has 0 unspecified atom stereocenters. The minimum absolute atomic E-state index is 0.0618. The van der Waals surface area contributed by atoms with Crippen molar-refractivity contribution in [1.29, 1.82) is 0 Å². The molecule has 2 amide bonds. The fourth-order valence-electron chi connectivity index (χ4n) is 4.10. The zero-order valence-electron chi connectivity index (χ0n) is 18.3. The van der Waals surface area contributed by atoms with E-state index < -0.39 is 0 Å². The summed E-state index contributed by atoms with van der Waals surface area (Å²) in [6.07, 6.45) is 0.0618. The Morgan fingerprint density at radius 3 is 2.39 bits per heavy atom. The van der Waals surface area contributed by atoms with Crippen LogP contribution in [-0.4, -0.2) is 67.0 Å². The number of carbonyl (C=O) groups excluding carboxylic acids is 2. The van der Waals surface area contributed by atoms with Crippen LogP contribution in [0.2, 0.25) is 0 Å². The highest BCUT2D eigenvalue weighted by molar-refractivity contribution is 7.11. The Morgan fingerprint density at radius 1 is 1.00 bits per heavy atom. The summed E-state index contributed by atoms with van der Waals surface area (Å²) in [6, 6.07) is 12.3. The van der Waals surface area contributed by atoms with Gasteiger partial charge >= 0.3 is 0 Å². The fourth-order valence-corrected chi connectivity index (χ4v) is 4.86. The van der Waals surface area contributed by atoms with E-state index in [1.165, 1.54) is 27.5 Å². The standard InChI is InChI=1S/C24H29N3O3S/c1-17(2)30-14-13-27-23(28)21(20-8-5-15-31-20)22(24(27)29)26-11-9-25(10-12-26)19-7-4-6-18(3)16-19/h4-8,15-17H,9-14H2,1-3H3. The summed E-state index contributed by atoms with van der Waals surface area (Å²) >= 11 is 1.50. The number of aryl methyl sites for hydroxylation is 1. The van der Waals surface area contributed by atoms with Crippen LogP contribution in [0, 0.1) is 6.92 Å². The highest BCUT2D eigenvalue weighted by Crippen LogP contribution is 2.34. The van der Waals surface area contributed by atoms with Gasteiger partial charge in [-0.25, -0.2) is 0 Å². The molecular formula is C24H29N3O3S. The van der Waals surface area contributed by atoms with Crippen molar-refractivity contribution in [2.75, 3.05) is 44.2 Å². The van der Waals surface area contributed by atoms with Gasteiger partial charge in [-0.15, -0.1) is 11.3 Å². The third-order valence-corrected chi connectivity index (χ3v) is 6.53. The van der Waals surface area contributed by atoms with Crippen molar-refractivity contribution in [2.45, 2.75) is 26.9 Å². The Kier molecular flexibility index (Phi) is 6.43. The van der Waals surface area contributed by atoms with Gasteiger partial charge in [0, 0.05) is 36.7 Å². The van der Waals surface area contributed by atoms with Crippen LogP contribution in [-0.2, 0) is 14.3 Å². The van der Waals surface area contributed by atoms with Crippen LogP contribution in [0.5, 0.6) is 0 Å². The molecule has 0 N–H and O–H groups in total. The third kappa shape index (κ3) is 4.52. The molecule has 0 aliphatic carbocycles. The molecule has 1 aromatic carbocycles. The topological polar surface area (TPSA) is 53.1 Å². The maximum absolute atomic E-state index is 13.3. The van der Waals surface area contributed by atoms with Crippen LogP contribution < -0.4 is 4.90 Å². The number of carbonyl (C=O) groups is 2. The van der Waals surface area contributed by atoms with Crippen LogP contribution in [0.25, 0.3) is 5.57 Å². The van der Waals surface area contributed by atoms with Crippen molar-refractivity contribution < 1.29 is 14.3 Å². The van der Waals surface area contributed by atoms with Gasteiger partial charge in [0.05, 0.1) is 24.8 Å². The van der Waals surface area contributed by atoms with Crippen LogP contribution in [0.1, 0.15) is 24.3 Å². The second-order valence-corrected chi connectivity index (χ2v) is 9.14. The monoisotopic (exact) mass is 439 g/mol. The number of rotatable bonds is 7. The minimum Gasteiger partial charge on any atom is -0.377 e. The first kappa shape index (κ1) is 21.6. The molecule has 0 atom stereocenters. The van der Waals surface area contributed by atoms with E-state index in [1.807, 2.05) is 31.4 Å². The normalized spacial score (nSPS) is 17.5. The van der Waals surface area contributed by atoms with Crippen LogP contribution in [0.15, 0.2) is 47.5 Å². The van der Waals surface area contributed by atoms with Crippen LogP contribution in [0.4, 0.5) is 5.69 Å². The molecule has 0 saturated carbocycles. The lowest BCUT2D eigenvalue weighted by molar-refractivity contribution is -0.138. The summed E-state index contributed by atoms with van der Waals surface area (Å²) in [5.74, 6) is -0.416. The SMILES string of the molecule is Cc1cccc(N2CCN(C3=C(c4cccs4)C(=O)N(CCOC(C)C)C3=O)CC2)c1. The van der Waals surface area contributed by atoms with Gasteiger partial charge in [0.2, 0.25) is 0 Å². The molecule has 6 nitrogen and oxygen atoms in total. The number of amides is 2. The Morgan fingerprint density at radius 2 is 1.74 bits per heavy atom. The van der Waals surface area contributed by atoms with E-state index in [4.69, 9.17) is 4.74 Å². The maximum atomic E-state index is 13.3. The van der Waals surface area contributed by atoms with Gasteiger partial charge < -0.3 is 14.5 Å². The van der Waals surface area contributed by atoms with Crippen molar-refractivity contribution in [3.63, 3.8) is 0 Å². The van der Waals surface area contributed by atoms with Crippen molar-refractivity contribution in [3.05, 3.63) is 57.9 Å². The van der Waals surface area contributed by atoms with E-state index in [2.05, 4.69) is 41.0 Å². The number of ether oxygens (including phenoxy) is 1. The van der Waals surface area contributed by atoms with Gasteiger partial charge in [-0.2, -0.15) is 0 Å². The zero-order chi connectivity index (χ0) is 22.0. The number of thiophene rings is 1. The smallest absolute Gasteiger partial charge is 0.277 e. The molecule has 4 rings (SSSR count). The highest BCUT2D eigenvalue weighted by Gasteiger charge is 2.42. The summed E-state index contributed by atoms with van der Waals surface area (Å²) < 4.78 is 5.60. The second kappa shape index (κ2) is 9.24. The first-order valence-corrected chi connectivity index (χ1v) is 11.7. The molecule has 7 heteroatoms. The van der Waals surface area contributed by atoms with E-state index in [-0.39, 0.29) is 24.5 Å². The Bertz CT molecular complexity index is 976. The molecule has 2 aliphatic rings. The van der Waals surface area contributed by atoms with Crippen molar-refractivity contribution >= 4 is 34.4 Å². The molecule has 0 spiro atoms. The average molecular weight is 440 g/mol. The van der Waals surface area contributed by atoms with E-state index in [9.17, 15) is 9.59 Å². The van der Waals surface area contributed by atoms with Gasteiger partial charge in [-0.1, -0.05) is 18.2 Å². The van der Waals surface area contributed by atoms with Gasteiger partial charge in [0.15, 0.2) is 0 Å². The minimum atomic E-state index is -0.212. The molecule has 1 fully saturated rings. The van der Waals surface area contributed by atoms with Gasteiger partial charge in [0.1, 0.15) is 5.70 Å². The molecule has 0 bridgehead atoms. The molecule has 1 aromatic heterocycles. The van der Waals surface area contributed by atoms with Crippen molar-refractivity contribution in [3.8, 4) is 0 Å². The van der Waals surface area contributed by atoms with Crippen molar-refractivity contribution in [2.24, 2.45) is 0 Å². The zero-order valence-corrected chi connectivity index (χ0v) is 19.2. The molecule has 31 heavy (non-hydrogen) atoms. The summed E-state index contributed by atoms with van der Waals surface area (Å²) in [4.78, 5) is 33.2. The van der Waals surface area contributed by atoms with E-state index in [1.54, 1.807) is 0 Å². The number of hydrogen-bond acceptors (Lipinski definition) is 6. The second-order valence-electron chi connectivity index (χ2n) is 8.20. The molecule has 3 heterocycles. The number of benzene rings is 1. The highest BCUT2D eigenvalue weighted by atomic mass is 32.1. The van der Waals surface area contributed by atoms with Gasteiger partial charge in [-0.05, 0) is 49.9 Å². The van der Waals surface area contributed by atoms with Crippen LogP contribution >= 0.6 is 11.3 Å². The Balaban J connectivity index is 1.54. The van der Waals surface area contributed by atoms with E-state index >= 15 is 0 Å². The summed E-state index contributed by atoms with van der Waals surface area (Å²) in [6.45, 7) is 9.63. The first-order chi connectivity index (χ1) is 15.0. The summed E-state index contributed by atoms with van der Waals surface area (Å²) in [5, 5.41) is 1.94. The largest absolute Gasteiger partial charge is 0.377 e. The number of hydrogen-bond donors (Lipinski definition) is 0. The number of imide groups is 1. The number of nitrogens with zero attached hydrogens (tertiary/aromatic N) is 3. The quantitative estimate of drug-likeness (QED) is 0.619. The van der Waals surface area contributed by atoms with E-state index in [0.717, 1.165) is 18.0 Å². The third-order valence-electron chi connectivity index (χ3n) is 5.64. The molecular weight excluding hydrogens is 410 g/mol. The molecule has 0 radical (unpaired) electrons. The summed E-state index contributed by atoms with van der Waals surface area (Å²) in [7, 11) is 0. The Hall–Kier alpha value is -2.64. The lowest BCUT2D eigenvalue weighted by Gasteiger charge is -2.37. The molecule has 2 aromatic rings. The van der Waals surface area contributed by atoms with Crippen LogP contribution in [0.3, 0.4) is 0 Å². The first-order valence-electron chi connectivity index (χ1n) is 10.8. The molecule has 1 saturated heterocycles. The van der Waals surface area contributed by atoms with E-state index in [0.29, 0.717) is 31.0 Å². The number of anilines is 1. The van der Waals surface area contributed by atoms with Crippen molar-refractivity contribution in [1.82, 2.24) is 9.80 Å². The lowest BCUT2D eigenvalue weighted by atomic mass is 10.1. The number of piperazine rings is 1. The Labute approximate surface area is 187 Å². The average Bonchev–Trinajstić information content (AvgIpc) is 3.36. The lowest BCUT2D eigenvalue weighted by Crippen LogP contribution is -2.47. The summed E-state index contributed by atoms with van der Waals surface area (Å²) in [5.41, 5.74) is 3.52. The fraction of sp³-hybridized carbons (Fsp3) is 0.417. The maximum Gasteiger partial charge on any atom is 0.277 e.